The van der Waals surface area contributed by atoms with Crippen LogP contribution in [0, 0.1) is 0 Å². The van der Waals surface area contributed by atoms with E-state index in [0.29, 0.717) is 24.0 Å². The minimum absolute atomic E-state index is 0.0361. The van der Waals surface area contributed by atoms with E-state index in [9.17, 15) is 9.59 Å². The van der Waals surface area contributed by atoms with Crippen molar-refractivity contribution in [2.45, 2.75) is 44.7 Å². The Balaban J connectivity index is 1.52. The fourth-order valence-corrected chi connectivity index (χ4v) is 4.08. The first-order chi connectivity index (χ1) is 13.7. The van der Waals surface area contributed by atoms with Gasteiger partial charge in [0.05, 0.1) is 31.9 Å². The van der Waals surface area contributed by atoms with Crippen LogP contribution >= 0.6 is 0 Å². The summed E-state index contributed by atoms with van der Waals surface area (Å²) in [5.74, 6) is 0.0857. The van der Waals surface area contributed by atoms with E-state index in [0.717, 1.165) is 45.6 Å². The topological polar surface area (TPSA) is 79.9 Å². The smallest absolute Gasteiger partial charge is 0.255 e. The third-order valence-electron chi connectivity index (χ3n) is 5.43. The highest BCUT2D eigenvalue weighted by molar-refractivity contribution is 5.98. The average Bonchev–Trinajstić information content (AvgIpc) is 2.74. The molecule has 1 saturated carbocycles. The van der Waals surface area contributed by atoms with Crippen molar-refractivity contribution in [3.8, 4) is 5.75 Å². The highest BCUT2D eigenvalue weighted by Crippen LogP contribution is 2.24. The van der Waals surface area contributed by atoms with Crippen molar-refractivity contribution in [2.24, 2.45) is 0 Å². The van der Waals surface area contributed by atoms with Crippen LogP contribution in [0.3, 0.4) is 0 Å². The van der Waals surface area contributed by atoms with E-state index in [1.807, 2.05) is 13.0 Å². The largest absolute Gasteiger partial charge is 0.493 e. The second-order valence-corrected chi connectivity index (χ2v) is 7.29. The Morgan fingerprint density at radius 2 is 1.93 bits per heavy atom. The van der Waals surface area contributed by atoms with Gasteiger partial charge in [-0.3, -0.25) is 14.5 Å². The summed E-state index contributed by atoms with van der Waals surface area (Å²) in [5.41, 5.74) is 0.445. The van der Waals surface area contributed by atoms with Gasteiger partial charge < -0.3 is 20.1 Å². The Morgan fingerprint density at radius 1 is 1.18 bits per heavy atom. The number of benzene rings is 1. The van der Waals surface area contributed by atoms with E-state index < -0.39 is 0 Å². The van der Waals surface area contributed by atoms with Gasteiger partial charge in [0.25, 0.3) is 5.91 Å². The molecule has 0 aromatic heterocycles. The van der Waals surface area contributed by atoms with Gasteiger partial charge in [-0.25, -0.2) is 0 Å². The minimum atomic E-state index is -0.299. The normalized spacial score (nSPS) is 23.0. The van der Waals surface area contributed by atoms with Crippen LogP contribution in [0.25, 0.3) is 0 Å². The first kappa shape index (κ1) is 20.6. The Hall–Kier alpha value is -2.12. The number of carbonyl (C=O) groups excluding carboxylic acids is 2. The van der Waals surface area contributed by atoms with Gasteiger partial charge in [-0.1, -0.05) is 25.0 Å². The van der Waals surface area contributed by atoms with Gasteiger partial charge in [0.2, 0.25) is 5.91 Å². The molecule has 28 heavy (non-hydrogen) atoms. The molecular weight excluding hydrogens is 358 g/mol. The van der Waals surface area contributed by atoms with Crippen LogP contribution < -0.4 is 15.4 Å². The molecule has 1 aliphatic carbocycles. The maximum Gasteiger partial charge on any atom is 0.255 e. The molecule has 0 bridgehead atoms. The highest BCUT2D eigenvalue weighted by atomic mass is 16.5. The summed E-state index contributed by atoms with van der Waals surface area (Å²) in [6.07, 6.45) is 4.40. The summed E-state index contributed by atoms with van der Waals surface area (Å²) >= 11 is 0. The van der Waals surface area contributed by atoms with Gasteiger partial charge >= 0.3 is 0 Å². The summed E-state index contributed by atoms with van der Waals surface area (Å²) in [6, 6.07) is 7.56. The van der Waals surface area contributed by atoms with Crippen molar-refractivity contribution in [1.29, 1.82) is 0 Å². The molecule has 1 aromatic carbocycles. The molecule has 2 amide bonds. The molecule has 0 spiro atoms. The predicted octanol–water partition coefficient (Wildman–Crippen LogP) is 1.57. The molecule has 0 radical (unpaired) electrons. The number of carbonyl (C=O) groups is 2. The van der Waals surface area contributed by atoms with Crippen LogP contribution in [-0.4, -0.2) is 68.3 Å². The standard InChI is InChI=1S/C21H31N3O4/c1-2-28-19-10-6-3-7-16(19)21(26)22-15-20(25)23-17-8-4-5-9-18(17)24-11-13-27-14-12-24/h3,6-7,10,17-18H,2,4-5,8-9,11-15H2,1H3,(H,22,26)(H,23,25). The fourth-order valence-electron chi connectivity index (χ4n) is 4.08. The summed E-state index contributed by atoms with van der Waals surface area (Å²) < 4.78 is 10.9. The molecule has 1 heterocycles. The number of morpholine rings is 1. The van der Waals surface area contributed by atoms with Crippen LogP contribution in [0.4, 0.5) is 0 Å². The SMILES string of the molecule is CCOc1ccccc1C(=O)NCC(=O)NC1CCCCC1N1CCOCC1. The van der Waals surface area contributed by atoms with Crippen molar-refractivity contribution < 1.29 is 19.1 Å². The number of amides is 2. The highest BCUT2D eigenvalue weighted by Gasteiger charge is 2.32. The van der Waals surface area contributed by atoms with E-state index in [1.165, 1.54) is 6.42 Å². The minimum Gasteiger partial charge on any atom is -0.493 e. The van der Waals surface area contributed by atoms with E-state index in [2.05, 4.69) is 15.5 Å². The summed E-state index contributed by atoms with van der Waals surface area (Å²) in [5, 5.41) is 5.86. The van der Waals surface area contributed by atoms with Gasteiger partial charge in [0, 0.05) is 25.2 Å². The Bertz CT molecular complexity index is 661. The zero-order valence-corrected chi connectivity index (χ0v) is 16.6. The molecule has 2 atom stereocenters. The Labute approximate surface area is 166 Å². The molecule has 3 rings (SSSR count). The number of nitrogens with one attached hydrogen (secondary N) is 2. The third kappa shape index (κ3) is 5.45. The zero-order chi connectivity index (χ0) is 19.8. The van der Waals surface area contributed by atoms with E-state index in [-0.39, 0.29) is 24.4 Å². The first-order valence-electron chi connectivity index (χ1n) is 10.3. The number of ether oxygens (including phenoxy) is 2. The van der Waals surface area contributed by atoms with Crippen LogP contribution in [0.1, 0.15) is 43.0 Å². The quantitative estimate of drug-likeness (QED) is 0.740. The van der Waals surface area contributed by atoms with Crippen molar-refractivity contribution in [3.05, 3.63) is 29.8 Å². The number of rotatable bonds is 7. The number of hydrogen-bond acceptors (Lipinski definition) is 5. The van der Waals surface area contributed by atoms with Gasteiger partial charge in [-0.15, -0.1) is 0 Å². The van der Waals surface area contributed by atoms with Crippen molar-refractivity contribution in [2.75, 3.05) is 39.5 Å². The molecule has 1 aromatic rings. The monoisotopic (exact) mass is 389 g/mol. The van der Waals surface area contributed by atoms with Gasteiger partial charge in [-0.2, -0.15) is 0 Å². The maximum atomic E-state index is 12.5. The van der Waals surface area contributed by atoms with Gasteiger partial charge in [0.1, 0.15) is 5.75 Å². The molecule has 2 N–H and O–H groups in total. The van der Waals surface area contributed by atoms with E-state index in [1.54, 1.807) is 18.2 Å². The van der Waals surface area contributed by atoms with E-state index >= 15 is 0 Å². The maximum absolute atomic E-state index is 12.5. The molecule has 7 heteroatoms. The lowest BCUT2D eigenvalue weighted by Gasteiger charge is -2.41. The van der Waals surface area contributed by atoms with E-state index in [4.69, 9.17) is 9.47 Å². The van der Waals surface area contributed by atoms with Gasteiger partial charge in [0.15, 0.2) is 0 Å². The van der Waals surface area contributed by atoms with Crippen LogP contribution in [-0.2, 0) is 9.53 Å². The molecule has 1 aliphatic heterocycles. The molecule has 2 fully saturated rings. The number of para-hydroxylation sites is 1. The summed E-state index contributed by atoms with van der Waals surface area (Å²) in [6.45, 7) is 5.67. The molecule has 1 saturated heterocycles. The summed E-state index contributed by atoms with van der Waals surface area (Å²) in [4.78, 5) is 27.4. The Kier molecular flexibility index (Phi) is 7.68. The molecule has 7 nitrogen and oxygen atoms in total. The zero-order valence-electron chi connectivity index (χ0n) is 16.6. The third-order valence-corrected chi connectivity index (χ3v) is 5.43. The van der Waals surface area contributed by atoms with Crippen LogP contribution in [0.2, 0.25) is 0 Å². The molecule has 2 aliphatic rings. The fraction of sp³-hybridized carbons (Fsp3) is 0.619. The Morgan fingerprint density at radius 3 is 2.71 bits per heavy atom. The lowest BCUT2D eigenvalue weighted by molar-refractivity contribution is -0.121. The lowest BCUT2D eigenvalue weighted by atomic mass is 9.89. The second kappa shape index (κ2) is 10.4. The predicted molar refractivity (Wildman–Crippen MR) is 107 cm³/mol. The van der Waals surface area contributed by atoms with Crippen LogP contribution in [0.5, 0.6) is 5.75 Å². The summed E-state index contributed by atoms with van der Waals surface area (Å²) in [7, 11) is 0. The average molecular weight is 389 g/mol. The molecule has 154 valence electrons. The van der Waals surface area contributed by atoms with Gasteiger partial charge in [-0.05, 0) is 31.9 Å². The first-order valence-corrected chi connectivity index (χ1v) is 10.3. The number of hydrogen-bond donors (Lipinski definition) is 2. The van der Waals surface area contributed by atoms with Crippen molar-refractivity contribution in [1.82, 2.24) is 15.5 Å². The van der Waals surface area contributed by atoms with Crippen molar-refractivity contribution >= 4 is 11.8 Å². The molecule has 2 unspecified atom stereocenters. The molecular formula is C21H31N3O4. The van der Waals surface area contributed by atoms with Crippen LogP contribution in [0.15, 0.2) is 24.3 Å². The number of nitrogens with zero attached hydrogens (tertiary/aromatic N) is 1. The van der Waals surface area contributed by atoms with Crippen molar-refractivity contribution in [3.63, 3.8) is 0 Å². The lowest BCUT2D eigenvalue weighted by Crippen LogP contribution is -2.57. The second-order valence-electron chi connectivity index (χ2n) is 7.29.